The Bertz CT molecular complexity index is 450. The molecule has 19 heavy (non-hydrogen) atoms. The first-order valence-electron chi connectivity index (χ1n) is 6.89. The Balaban J connectivity index is 1.90. The van der Waals surface area contributed by atoms with Gasteiger partial charge in [0.25, 0.3) is 0 Å². The molecule has 3 nitrogen and oxygen atoms in total. The number of carbonyl (C=O) groups excluding carboxylic acids is 1. The van der Waals surface area contributed by atoms with Gasteiger partial charge in [0, 0.05) is 16.8 Å². The molecule has 0 unspecified atom stereocenters. The van der Waals surface area contributed by atoms with E-state index in [0.717, 1.165) is 12.1 Å². The van der Waals surface area contributed by atoms with E-state index < -0.39 is 0 Å². The molecule has 0 radical (unpaired) electrons. The average Bonchev–Trinajstić information content (AvgIpc) is 2.35. The summed E-state index contributed by atoms with van der Waals surface area (Å²) in [6.45, 7) is 4.47. The van der Waals surface area contributed by atoms with Crippen molar-refractivity contribution in [2.45, 2.75) is 39.2 Å². The summed E-state index contributed by atoms with van der Waals surface area (Å²) in [4.78, 5) is 12.0. The minimum atomic E-state index is -0.145. The minimum absolute atomic E-state index is 0.145. The summed E-state index contributed by atoms with van der Waals surface area (Å²) in [6, 6.07) is 7.31. The van der Waals surface area contributed by atoms with E-state index in [4.69, 9.17) is 11.6 Å². The summed E-state index contributed by atoms with van der Waals surface area (Å²) in [6.07, 6.45) is 3.51. The highest BCUT2D eigenvalue weighted by Gasteiger charge is 2.28. The third-order valence-corrected chi connectivity index (χ3v) is 4.34. The molecule has 1 aliphatic carbocycles. The van der Waals surface area contributed by atoms with Gasteiger partial charge in [-0.05, 0) is 36.5 Å². The van der Waals surface area contributed by atoms with Crippen LogP contribution < -0.4 is 10.6 Å². The molecule has 0 aliphatic heterocycles. The molecule has 2 rings (SSSR count). The molecule has 0 heterocycles. The zero-order valence-electron chi connectivity index (χ0n) is 11.4. The van der Waals surface area contributed by atoms with Gasteiger partial charge in [-0.2, -0.15) is 0 Å². The highest BCUT2D eigenvalue weighted by molar-refractivity contribution is 6.30. The SMILES string of the molecule is C[C@H]1[C@@H](NC(=O)Nc2cccc(Cl)c2)CCC[C@@H]1C. The Labute approximate surface area is 119 Å². The van der Waals surface area contributed by atoms with Crippen molar-refractivity contribution in [2.75, 3.05) is 5.32 Å². The van der Waals surface area contributed by atoms with Crippen molar-refractivity contribution in [3.05, 3.63) is 29.3 Å². The second kappa shape index (κ2) is 6.29. The Morgan fingerprint density at radius 3 is 2.84 bits per heavy atom. The lowest BCUT2D eigenvalue weighted by Crippen LogP contribution is -2.45. The van der Waals surface area contributed by atoms with Gasteiger partial charge in [-0.15, -0.1) is 0 Å². The lowest BCUT2D eigenvalue weighted by atomic mass is 9.78. The smallest absolute Gasteiger partial charge is 0.319 e. The van der Waals surface area contributed by atoms with E-state index in [0.29, 0.717) is 16.9 Å². The minimum Gasteiger partial charge on any atom is -0.335 e. The first-order chi connectivity index (χ1) is 9.06. The molecule has 0 bridgehead atoms. The van der Waals surface area contributed by atoms with Crippen LogP contribution in [0.25, 0.3) is 0 Å². The Morgan fingerprint density at radius 1 is 1.32 bits per heavy atom. The topological polar surface area (TPSA) is 41.1 Å². The maximum atomic E-state index is 12.0. The van der Waals surface area contributed by atoms with Crippen LogP contribution in [0.4, 0.5) is 10.5 Å². The molecule has 1 saturated carbocycles. The number of hydrogen-bond donors (Lipinski definition) is 2. The molecule has 104 valence electrons. The van der Waals surface area contributed by atoms with Gasteiger partial charge >= 0.3 is 6.03 Å². The molecular formula is C15H21ClN2O. The quantitative estimate of drug-likeness (QED) is 0.834. The number of rotatable bonds is 2. The molecule has 1 aliphatic rings. The second-order valence-corrected chi connectivity index (χ2v) is 5.92. The normalized spacial score (nSPS) is 26.8. The largest absolute Gasteiger partial charge is 0.335 e. The highest BCUT2D eigenvalue weighted by atomic mass is 35.5. The third kappa shape index (κ3) is 3.87. The zero-order valence-corrected chi connectivity index (χ0v) is 12.2. The predicted octanol–water partition coefficient (Wildman–Crippen LogP) is 4.29. The van der Waals surface area contributed by atoms with Gasteiger partial charge in [-0.25, -0.2) is 4.79 Å². The van der Waals surface area contributed by atoms with Crippen molar-refractivity contribution in [2.24, 2.45) is 11.8 Å². The van der Waals surface area contributed by atoms with Crippen LogP contribution in [0.15, 0.2) is 24.3 Å². The molecule has 2 N–H and O–H groups in total. The average molecular weight is 281 g/mol. The van der Waals surface area contributed by atoms with Crippen LogP contribution in [-0.2, 0) is 0 Å². The van der Waals surface area contributed by atoms with Crippen molar-refractivity contribution in [1.82, 2.24) is 5.32 Å². The number of nitrogens with one attached hydrogen (secondary N) is 2. The Kier molecular flexibility index (Phi) is 4.70. The second-order valence-electron chi connectivity index (χ2n) is 5.48. The van der Waals surface area contributed by atoms with E-state index in [1.165, 1.54) is 12.8 Å². The summed E-state index contributed by atoms with van der Waals surface area (Å²) >= 11 is 5.89. The van der Waals surface area contributed by atoms with Crippen molar-refractivity contribution < 1.29 is 4.79 Å². The van der Waals surface area contributed by atoms with Gasteiger partial charge in [0.15, 0.2) is 0 Å². The molecule has 3 atom stereocenters. The molecule has 1 aromatic carbocycles. The fraction of sp³-hybridized carbons (Fsp3) is 0.533. The van der Waals surface area contributed by atoms with Gasteiger partial charge in [0.2, 0.25) is 0 Å². The van der Waals surface area contributed by atoms with Crippen LogP contribution >= 0.6 is 11.6 Å². The first kappa shape index (κ1) is 14.2. The van der Waals surface area contributed by atoms with E-state index in [2.05, 4.69) is 24.5 Å². The number of carbonyl (C=O) groups is 1. The van der Waals surface area contributed by atoms with Crippen molar-refractivity contribution in [1.29, 1.82) is 0 Å². The molecule has 4 heteroatoms. The summed E-state index contributed by atoms with van der Waals surface area (Å²) in [5, 5.41) is 6.53. The van der Waals surface area contributed by atoms with Crippen molar-refractivity contribution in [3.63, 3.8) is 0 Å². The number of benzene rings is 1. The zero-order chi connectivity index (χ0) is 13.8. The van der Waals surface area contributed by atoms with Gasteiger partial charge < -0.3 is 10.6 Å². The van der Waals surface area contributed by atoms with Gasteiger partial charge in [-0.3, -0.25) is 0 Å². The van der Waals surface area contributed by atoms with Gasteiger partial charge in [0.1, 0.15) is 0 Å². The number of amides is 2. The fourth-order valence-electron chi connectivity index (χ4n) is 2.69. The lowest BCUT2D eigenvalue weighted by molar-refractivity contribution is 0.201. The van der Waals surface area contributed by atoms with E-state index in [1.54, 1.807) is 12.1 Å². The highest BCUT2D eigenvalue weighted by Crippen LogP contribution is 2.29. The van der Waals surface area contributed by atoms with Crippen LogP contribution in [-0.4, -0.2) is 12.1 Å². The molecule has 2 amide bonds. The van der Waals surface area contributed by atoms with Gasteiger partial charge in [-0.1, -0.05) is 44.4 Å². The van der Waals surface area contributed by atoms with Crippen LogP contribution in [0.3, 0.4) is 0 Å². The first-order valence-corrected chi connectivity index (χ1v) is 7.27. The summed E-state index contributed by atoms with van der Waals surface area (Å²) in [5.74, 6) is 1.20. The van der Waals surface area contributed by atoms with Crippen LogP contribution in [0.5, 0.6) is 0 Å². The number of hydrogen-bond acceptors (Lipinski definition) is 1. The molecule has 0 saturated heterocycles. The van der Waals surface area contributed by atoms with Crippen LogP contribution in [0.1, 0.15) is 33.1 Å². The standard InChI is InChI=1S/C15H21ClN2O/c1-10-5-3-8-14(11(10)2)18-15(19)17-13-7-4-6-12(16)9-13/h4,6-7,9-11,14H,3,5,8H2,1-2H3,(H2,17,18,19)/t10-,11+,14-/m0/s1. The number of halogens is 1. The summed E-state index contributed by atoms with van der Waals surface area (Å²) in [7, 11) is 0. The number of urea groups is 1. The molecular weight excluding hydrogens is 260 g/mol. The van der Waals surface area contributed by atoms with E-state index in [-0.39, 0.29) is 12.1 Å². The lowest BCUT2D eigenvalue weighted by Gasteiger charge is -2.34. The Hall–Kier alpha value is -1.22. The maximum Gasteiger partial charge on any atom is 0.319 e. The molecule has 1 aromatic rings. The van der Waals surface area contributed by atoms with Crippen LogP contribution in [0, 0.1) is 11.8 Å². The summed E-state index contributed by atoms with van der Waals surface area (Å²) < 4.78 is 0. The fourth-order valence-corrected chi connectivity index (χ4v) is 2.88. The molecule has 1 fully saturated rings. The maximum absolute atomic E-state index is 12.0. The summed E-state index contributed by atoms with van der Waals surface area (Å²) in [5.41, 5.74) is 0.724. The van der Waals surface area contributed by atoms with E-state index in [1.807, 2.05) is 12.1 Å². The Morgan fingerprint density at radius 2 is 2.11 bits per heavy atom. The van der Waals surface area contributed by atoms with E-state index in [9.17, 15) is 4.79 Å². The van der Waals surface area contributed by atoms with Crippen molar-refractivity contribution in [3.8, 4) is 0 Å². The van der Waals surface area contributed by atoms with Gasteiger partial charge in [0.05, 0.1) is 0 Å². The molecule has 0 aromatic heterocycles. The number of anilines is 1. The predicted molar refractivity (Wildman–Crippen MR) is 79.6 cm³/mol. The monoisotopic (exact) mass is 280 g/mol. The molecule has 0 spiro atoms. The van der Waals surface area contributed by atoms with Crippen molar-refractivity contribution >= 4 is 23.3 Å². The van der Waals surface area contributed by atoms with Crippen LogP contribution in [0.2, 0.25) is 5.02 Å². The third-order valence-electron chi connectivity index (χ3n) is 4.11. The van der Waals surface area contributed by atoms with E-state index >= 15 is 0 Å².